The second kappa shape index (κ2) is 41.5. The zero-order chi connectivity index (χ0) is 86.6. The molecule has 0 aliphatic carbocycles. The first-order valence-electron chi connectivity index (χ1n) is 43.5. The molecule has 19 rings (SSSR count). The Morgan fingerprint density at radius 3 is 1.29 bits per heavy atom. The largest absolute Gasteiger partial charge is 0.492 e. The van der Waals surface area contributed by atoms with Gasteiger partial charge in [-0.05, 0) is 164 Å². The monoisotopic (exact) mass is 1710 g/mol. The van der Waals surface area contributed by atoms with Gasteiger partial charge in [-0.2, -0.15) is 25.9 Å². The molecule has 33 heteroatoms. The first kappa shape index (κ1) is 85.6. The molecule has 0 bridgehead atoms. The van der Waals surface area contributed by atoms with Crippen LogP contribution in [0.1, 0.15) is 47.9 Å². The van der Waals surface area contributed by atoms with Gasteiger partial charge >= 0.3 is 0 Å². The van der Waals surface area contributed by atoms with Gasteiger partial charge in [-0.1, -0.05) is 0 Å². The van der Waals surface area contributed by atoms with Crippen LogP contribution in [0.15, 0.2) is 183 Å². The third-order valence-electron chi connectivity index (χ3n) is 24.1. The standard InChI is InChI=1S/C32H37N7O4.C31H30N10O2.C31H35N7O3/c1-41-15-14-39-19-23(16-31(39)40)20-43-29-7-2-24(17-25(29)18-33)32-34-9-8-30(36-32)35-26-3-5-27(6-4-26)37-10-12-38(13-11-37)28-21-42-22-28;32-16-24-15-23(1-6-28(24)43-14-8-22-17-34-31-35-21-36-41(31)18-22)30-33-9-7-29(38-30)37-25-2-4-26(5-3-25)39-10-12-40(13-11-39)27-19-42-20-27;32-20-24-19-23(4-9-28(24)41-18-2-13-38-12-1-3-30(38)39)31-33-11-10-29(35-31)34-25-5-7-26(8-6-25)36-14-16-37(17-15-36)27-21-40-22-27/h2-9,17,23,28H,10-16,19-22H2,1H3,(H,34,35,36);1-7,9,15,17-18,21,27H,8,10-14,19-20H2,(H,33,37,38);4-11,19,27H,1-3,12-18,21-22H2,(H,33,34,35). The summed E-state index contributed by atoms with van der Waals surface area (Å²) < 4.78 is 40.5. The first-order chi connectivity index (χ1) is 62.5. The van der Waals surface area contributed by atoms with E-state index in [1.807, 2.05) is 47.5 Å². The summed E-state index contributed by atoms with van der Waals surface area (Å²) in [5.41, 5.74) is 10.9. The molecule has 5 aromatic heterocycles. The lowest BCUT2D eigenvalue weighted by Crippen LogP contribution is -2.56. The zero-order valence-corrected chi connectivity index (χ0v) is 71.1. The van der Waals surface area contributed by atoms with Crippen molar-refractivity contribution in [2.24, 2.45) is 5.92 Å². The summed E-state index contributed by atoms with van der Waals surface area (Å²) in [6.07, 6.45) is 13.6. The number of piperazine rings is 3. The van der Waals surface area contributed by atoms with Gasteiger partial charge in [0.15, 0.2) is 17.5 Å². The number of benzene rings is 6. The second-order valence-corrected chi connectivity index (χ2v) is 32.4. The first-order valence-corrected chi connectivity index (χ1v) is 43.5. The van der Waals surface area contributed by atoms with E-state index < -0.39 is 0 Å². The van der Waals surface area contributed by atoms with Crippen molar-refractivity contribution in [1.82, 2.24) is 74.0 Å². The van der Waals surface area contributed by atoms with E-state index in [0.717, 1.165) is 177 Å². The number of amides is 2. The SMILES string of the molecule is COCCN1CC(COc2ccc(-c3nccc(Nc4ccc(N5CCN(C6COC6)CC5)cc4)n3)cc2C#N)CC1=O.N#Cc1cc(-c2nccc(Nc3ccc(N4CCN(C5COC5)CC4)cc3)n2)ccc1OCCCN1CCCC1=O.N#Cc1cc(-c2nccc(Nc3ccc(N4CCN(C5COC5)CC4)cc3)n2)ccc1OCCc1cnc2ncnn2c1. The minimum Gasteiger partial charge on any atom is -0.492 e. The smallest absolute Gasteiger partial charge is 0.252 e. The number of ether oxygens (including phenoxy) is 7. The molecule has 2 amide bonds. The van der Waals surface area contributed by atoms with Crippen LogP contribution in [0.4, 0.5) is 51.6 Å². The topological polar surface area (TPSA) is 353 Å². The average molecular weight is 1710 g/mol. The van der Waals surface area contributed by atoms with E-state index in [-0.39, 0.29) is 17.7 Å². The number of carbonyl (C=O) groups excluding carboxylic acids is 2. The van der Waals surface area contributed by atoms with Crippen molar-refractivity contribution in [2.45, 2.75) is 50.2 Å². The number of fused-ring (bicyclic) bond motifs is 1. The summed E-state index contributed by atoms with van der Waals surface area (Å²) in [5, 5.41) is 43.6. The molecular weight excluding hydrogens is 1610 g/mol. The third kappa shape index (κ3) is 21.9. The predicted molar refractivity (Wildman–Crippen MR) is 479 cm³/mol. The molecule has 6 aromatic carbocycles. The van der Waals surface area contributed by atoms with Gasteiger partial charge in [0.2, 0.25) is 11.8 Å². The predicted octanol–water partition coefficient (Wildman–Crippen LogP) is 10.2. The Morgan fingerprint density at radius 1 is 0.457 bits per heavy atom. The second-order valence-electron chi connectivity index (χ2n) is 32.4. The summed E-state index contributed by atoms with van der Waals surface area (Å²) in [6.45, 7) is 22.1. The van der Waals surface area contributed by atoms with Crippen LogP contribution >= 0.6 is 0 Å². The molecule has 1 atom stereocenters. The van der Waals surface area contributed by atoms with Gasteiger partial charge in [0.05, 0.1) is 101 Å². The lowest BCUT2D eigenvalue weighted by molar-refractivity contribution is -0.128. The van der Waals surface area contributed by atoms with Crippen molar-refractivity contribution in [3.63, 3.8) is 0 Å². The Kier molecular flexibility index (Phi) is 28.0. The maximum absolute atomic E-state index is 12.2. The molecule has 33 nitrogen and oxygen atoms in total. The molecule has 8 aliphatic rings. The highest BCUT2D eigenvalue weighted by Crippen LogP contribution is 2.34. The molecule has 1 unspecified atom stereocenters. The molecule has 127 heavy (non-hydrogen) atoms. The fraction of sp³-hybridized carbons (Fsp3) is 0.383. The Balaban J connectivity index is 0.000000134. The summed E-state index contributed by atoms with van der Waals surface area (Å²) in [4.78, 5) is 78.2. The number of aromatic nitrogens is 10. The lowest BCUT2D eigenvalue weighted by Gasteiger charge is -2.43. The molecule has 3 N–H and O–H groups in total. The summed E-state index contributed by atoms with van der Waals surface area (Å²) >= 11 is 0. The maximum atomic E-state index is 12.2. The number of methoxy groups -OCH3 is 1. The van der Waals surface area contributed by atoms with E-state index in [1.165, 1.54) is 23.4 Å². The molecule has 8 fully saturated rings. The number of carbonyl (C=O) groups is 2. The average Bonchev–Trinajstić information content (AvgIpc) is 1.44. The number of anilines is 9. The molecule has 0 spiro atoms. The normalized spacial score (nSPS) is 17.6. The number of hydrogen-bond acceptors (Lipinski definition) is 30. The van der Waals surface area contributed by atoms with Crippen molar-refractivity contribution in [2.75, 3.05) is 209 Å². The van der Waals surface area contributed by atoms with Crippen LogP contribution in [0.3, 0.4) is 0 Å². The number of likely N-dealkylation sites (tertiary alicyclic amines) is 2. The van der Waals surface area contributed by atoms with Crippen molar-refractivity contribution < 1.29 is 42.7 Å². The van der Waals surface area contributed by atoms with E-state index in [9.17, 15) is 25.4 Å². The number of nitriles is 3. The molecular formula is C94H102N24O9. The minimum atomic E-state index is 0.0773. The Hall–Kier alpha value is -13.6. The Morgan fingerprint density at radius 2 is 0.890 bits per heavy atom. The van der Waals surface area contributed by atoms with Crippen LogP contribution in [-0.2, 0) is 35.0 Å². The van der Waals surface area contributed by atoms with E-state index in [4.69, 9.17) is 43.1 Å². The molecule has 11 aromatic rings. The van der Waals surface area contributed by atoms with Crippen LogP contribution in [0.25, 0.3) is 39.9 Å². The number of nitrogens with zero attached hydrogens (tertiary/aromatic N) is 21. The van der Waals surface area contributed by atoms with Gasteiger partial charge in [0, 0.05) is 219 Å². The highest BCUT2D eigenvalue weighted by atomic mass is 16.5. The van der Waals surface area contributed by atoms with Gasteiger partial charge in [-0.15, -0.1) is 0 Å². The van der Waals surface area contributed by atoms with Crippen LogP contribution in [0, 0.1) is 39.9 Å². The van der Waals surface area contributed by atoms with Crippen molar-refractivity contribution in [3.05, 3.63) is 205 Å². The van der Waals surface area contributed by atoms with Crippen LogP contribution in [0.2, 0.25) is 0 Å². The molecule has 0 radical (unpaired) electrons. The summed E-state index contributed by atoms with van der Waals surface area (Å²) in [7, 11) is 1.63. The minimum absolute atomic E-state index is 0.0773. The summed E-state index contributed by atoms with van der Waals surface area (Å²) in [5.74, 6) is 6.03. The van der Waals surface area contributed by atoms with Gasteiger partial charge in [-0.3, -0.25) is 24.3 Å². The van der Waals surface area contributed by atoms with Gasteiger partial charge in [0.25, 0.3) is 5.78 Å². The van der Waals surface area contributed by atoms with Gasteiger partial charge in [0.1, 0.15) is 59.2 Å². The van der Waals surface area contributed by atoms with Crippen LogP contribution in [0.5, 0.6) is 17.2 Å². The number of rotatable bonds is 30. The van der Waals surface area contributed by atoms with E-state index in [1.54, 1.807) is 77.7 Å². The van der Waals surface area contributed by atoms with Gasteiger partial charge in [-0.25, -0.2) is 39.4 Å². The number of hydrogen-bond donors (Lipinski definition) is 3. The zero-order valence-electron chi connectivity index (χ0n) is 71.1. The molecule has 8 saturated heterocycles. The van der Waals surface area contributed by atoms with Crippen molar-refractivity contribution >= 4 is 69.2 Å². The maximum Gasteiger partial charge on any atom is 0.252 e. The van der Waals surface area contributed by atoms with Gasteiger partial charge < -0.3 is 73.6 Å². The van der Waals surface area contributed by atoms with E-state index in [0.29, 0.717) is 158 Å². The molecule has 13 heterocycles. The molecule has 8 aliphatic heterocycles. The highest BCUT2D eigenvalue weighted by Gasteiger charge is 2.34. The van der Waals surface area contributed by atoms with Crippen LogP contribution < -0.4 is 44.9 Å². The van der Waals surface area contributed by atoms with E-state index in [2.05, 4.69) is 171 Å². The Bertz CT molecular complexity index is 5700. The quantitative estimate of drug-likeness (QED) is 0.0352. The van der Waals surface area contributed by atoms with Crippen LogP contribution in [-0.4, -0.2) is 282 Å². The lowest BCUT2D eigenvalue weighted by atomic mass is 10.1. The molecule has 0 saturated carbocycles. The fourth-order valence-electron chi connectivity index (χ4n) is 16.5. The number of nitrogens with one attached hydrogen (secondary N) is 3. The molecule has 652 valence electrons. The third-order valence-corrected chi connectivity index (χ3v) is 24.1. The van der Waals surface area contributed by atoms with Crippen molar-refractivity contribution in [1.29, 1.82) is 15.8 Å². The highest BCUT2D eigenvalue weighted by molar-refractivity contribution is 5.79. The van der Waals surface area contributed by atoms with E-state index >= 15 is 0 Å². The van der Waals surface area contributed by atoms with Crippen molar-refractivity contribution in [3.8, 4) is 69.6 Å². The fourth-order valence-corrected chi connectivity index (χ4v) is 16.5. The summed E-state index contributed by atoms with van der Waals surface area (Å²) in [6, 6.07) is 55.4. The Labute approximate surface area is 737 Å².